The number of amides is 1. The lowest BCUT2D eigenvalue weighted by Gasteiger charge is -2.12. The third kappa shape index (κ3) is 10.2. The molecular weight excluding hydrogens is 319 g/mol. The van der Waals surface area contributed by atoms with E-state index < -0.39 is 13.7 Å². The first kappa shape index (κ1) is 19.8. The smallest absolute Gasteiger partial charge is 0.301 e. The van der Waals surface area contributed by atoms with E-state index in [1.807, 2.05) is 11.5 Å². The minimum atomic E-state index is -4.29. The maximum absolute atomic E-state index is 11.6. The number of carbonyl (C=O) groups is 1. The Balaban J connectivity index is 2.14. The molecule has 0 bridgehead atoms. The number of hydroxylamine groups is 1. The summed E-state index contributed by atoms with van der Waals surface area (Å²) in [7, 11) is -4.29. The van der Waals surface area contributed by atoms with Crippen LogP contribution in [0.1, 0.15) is 51.1 Å². The van der Waals surface area contributed by atoms with Gasteiger partial charge in [0, 0.05) is 24.7 Å². The molecule has 1 aromatic rings. The van der Waals surface area contributed by atoms with Gasteiger partial charge in [-0.3, -0.25) is 14.3 Å². The molecule has 1 rings (SSSR count). The number of unbranched alkanes of at least 4 members (excludes halogenated alkanes) is 4. The number of phosphoric ester groups is 1. The molecule has 23 heavy (non-hydrogen) atoms. The second kappa shape index (κ2) is 11.3. The van der Waals surface area contributed by atoms with Crippen molar-refractivity contribution in [3.8, 4) is 0 Å². The highest BCUT2D eigenvalue weighted by atomic mass is 31.2. The van der Waals surface area contributed by atoms with E-state index in [4.69, 9.17) is 4.52 Å². The summed E-state index contributed by atoms with van der Waals surface area (Å²) >= 11 is 0. The van der Waals surface area contributed by atoms with Gasteiger partial charge in [-0.2, -0.15) is 4.62 Å². The topological polar surface area (TPSA) is 97.8 Å². The van der Waals surface area contributed by atoms with Gasteiger partial charge in [0.05, 0.1) is 6.61 Å². The molecule has 1 unspecified atom stereocenters. The maximum Gasteiger partial charge on any atom is 0.493 e. The zero-order chi connectivity index (χ0) is 17.0. The van der Waals surface area contributed by atoms with Gasteiger partial charge in [0.2, 0.25) is 5.91 Å². The van der Waals surface area contributed by atoms with E-state index in [0.717, 1.165) is 37.8 Å². The Morgan fingerprint density at radius 2 is 2.09 bits per heavy atom. The predicted molar refractivity (Wildman–Crippen MR) is 86.3 cm³/mol. The number of hydrogen-bond donors (Lipinski definition) is 2. The highest BCUT2D eigenvalue weighted by molar-refractivity contribution is 7.47. The molecule has 0 aliphatic rings. The molecule has 0 aromatic carbocycles. The van der Waals surface area contributed by atoms with E-state index in [2.05, 4.69) is 16.5 Å². The zero-order valence-electron chi connectivity index (χ0n) is 13.4. The number of aromatic nitrogens is 1. The Kier molecular flexibility index (Phi) is 9.71. The highest BCUT2D eigenvalue weighted by Gasteiger charge is 2.22. The van der Waals surface area contributed by atoms with Gasteiger partial charge in [-0.05, 0) is 18.6 Å². The third-order valence-electron chi connectivity index (χ3n) is 3.12. The van der Waals surface area contributed by atoms with E-state index >= 15 is 0 Å². The number of hydrogen-bond acceptors (Lipinski definition) is 5. The minimum absolute atomic E-state index is 0.0301. The molecule has 2 N–H and O–H groups in total. The molecule has 7 nitrogen and oxygen atoms in total. The van der Waals surface area contributed by atoms with E-state index in [1.165, 1.54) is 0 Å². The molecule has 8 heteroatoms. The molecule has 0 saturated carbocycles. The largest absolute Gasteiger partial charge is 0.493 e. The number of nitrogens with zero attached hydrogens (tertiary/aromatic N) is 1. The van der Waals surface area contributed by atoms with E-state index in [1.54, 1.807) is 18.3 Å². The molecule has 130 valence electrons. The van der Waals surface area contributed by atoms with Crippen molar-refractivity contribution in [1.29, 1.82) is 0 Å². The van der Waals surface area contributed by atoms with Crippen LogP contribution in [-0.2, 0) is 24.9 Å². The van der Waals surface area contributed by atoms with Gasteiger partial charge in [0.15, 0.2) is 0 Å². The van der Waals surface area contributed by atoms with E-state index in [-0.39, 0.29) is 13.0 Å². The SMILES string of the molecule is CCCCCCCC(=O)NOP(=O)(O)OCCc1ccccn1. The molecule has 0 aliphatic carbocycles. The molecule has 0 radical (unpaired) electrons. The number of pyridine rings is 1. The van der Waals surface area contributed by atoms with Crippen LogP contribution in [0.25, 0.3) is 0 Å². The maximum atomic E-state index is 11.6. The molecule has 1 aromatic heterocycles. The lowest BCUT2D eigenvalue weighted by atomic mass is 10.1. The normalized spacial score (nSPS) is 13.5. The van der Waals surface area contributed by atoms with Crippen molar-refractivity contribution < 1.29 is 23.4 Å². The molecule has 1 atom stereocenters. The Morgan fingerprint density at radius 3 is 2.78 bits per heavy atom. The van der Waals surface area contributed by atoms with Gasteiger partial charge in [0.25, 0.3) is 0 Å². The second-order valence-electron chi connectivity index (χ2n) is 5.15. The standard InChI is InChI=1S/C15H25N2O5P/c1-2-3-4-5-6-10-15(18)17-22-23(19,20)21-13-11-14-9-7-8-12-16-14/h7-9,12H,2-6,10-11,13H2,1H3,(H,17,18)(H,19,20). The van der Waals surface area contributed by atoms with Crippen LogP contribution in [0.5, 0.6) is 0 Å². The lowest BCUT2D eigenvalue weighted by Crippen LogP contribution is -2.22. The average molecular weight is 344 g/mol. The fourth-order valence-electron chi connectivity index (χ4n) is 1.89. The van der Waals surface area contributed by atoms with E-state index in [9.17, 15) is 14.3 Å². The Bertz CT molecular complexity index is 498. The van der Waals surface area contributed by atoms with Crippen molar-refractivity contribution in [2.45, 2.75) is 51.9 Å². The van der Waals surface area contributed by atoms with Gasteiger partial charge < -0.3 is 4.89 Å². The quantitative estimate of drug-likeness (QED) is 0.343. The fourth-order valence-corrected chi connectivity index (χ4v) is 2.48. The van der Waals surface area contributed by atoms with Crippen molar-refractivity contribution in [2.75, 3.05) is 6.61 Å². The fraction of sp³-hybridized carbons (Fsp3) is 0.600. The van der Waals surface area contributed by atoms with Crippen molar-refractivity contribution in [3.05, 3.63) is 30.1 Å². The Labute approximate surface area is 137 Å². The van der Waals surface area contributed by atoms with Crippen molar-refractivity contribution in [1.82, 2.24) is 10.5 Å². The average Bonchev–Trinajstić information content (AvgIpc) is 2.54. The summed E-state index contributed by atoms with van der Waals surface area (Å²) in [5, 5.41) is 0. The molecular formula is C15H25N2O5P. The number of rotatable bonds is 12. The number of carbonyl (C=O) groups excluding carboxylic acids is 1. The first-order chi connectivity index (χ1) is 11.0. The van der Waals surface area contributed by atoms with Gasteiger partial charge in [-0.25, -0.2) is 10.0 Å². The summed E-state index contributed by atoms with van der Waals surface area (Å²) in [4.78, 5) is 25.0. The summed E-state index contributed by atoms with van der Waals surface area (Å²) in [5.74, 6) is -0.427. The molecule has 0 fully saturated rings. The second-order valence-corrected chi connectivity index (χ2v) is 6.53. The van der Waals surface area contributed by atoms with E-state index in [0.29, 0.717) is 6.42 Å². The zero-order valence-corrected chi connectivity index (χ0v) is 14.3. The van der Waals surface area contributed by atoms with Crippen LogP contribution in [0, 0.1) is 0 Å². The summed E-state index contributed by atoms with van der Waals surface area (Å²) in [6.07, 6.45) is 7.32. The summed E-state index contributed by atoms with van der Waals surface area (Å²) in [6.45, 7) is 2.09. The minimum Gasteiger partial charge on any atom is -0.301 e. The molecule has 0 aliphatic heterocycles. The summed E-state index contributed by atoms with van der Waals surface area (Å²) in [5.41, 5.74) is 2.71. The van der Waals surface area contributed by atoms with Gasteiger partial charge in [-0.15, -0.1) is 0 Å². The van der Waals surface area contributed by atoms with Crippen LogP contribution in [0.4, 0.5) is 0 Å². The number of phosphoric acid groups is 1. The van der Waals surface area contributed by atoms with Gasteiger partial charge >= 0.3 is 7.82 Å². The predicted octanol–water partition coefficient (Wildman–Crippen LogP) is 3.15. The summed E-state index contributed by atoms with van der Waals surface area (Å²) < 4.78 is 20.9. The highest BCUT2D eigenvalue weighted by Crippen LogP contribution is 2.41. The van der Waals surface area contributed by atoms with Crippen molar-refractivity contribution in [2.24, 2.45) is 0 Å². The van der Waals surface area contributed by atoms with Crippen molar-refractivity contribution >= 4 is 13.7 Å². The molecule has 1 amide bonds. The lowest BCUT2D eigenvalue weighted by molar-refractivity contribution is -0.128. The van der Waals surface area contributed by atoms with Crippen molar-refractivity contribution in [3.63, 3.8) is 0 Å². The van der Waals surface area contributed by atoms with Crippen LogP contribution in [0.15, 0.2) is 24.4 Å². The van der Waals surface area contributed by atoms with Crippen LogP contribution >= 0.6 is 7.82 Å². The Hall–Kier alpha value is -1.27. The third-order valence-corrected chi connectivity index (χ3v) is 3.95. The van der Waals surface area contributed by atoms with Crippen LogP contribution < -0.4 is 5.48 Å². The first-order valence-electron chi connectivity index (χ1n) is 7.88. The molecule has 0 saturated heterocycles. The molecule has 1 heterocycles. The number of nitrogens with one attached hydrogen (secondary N) is 1. The Morgan fingerprint density at radius 1 is 1.30 bits per heavy atom. The van der Waals surface area contributed by atoms with Gasteiger partial charge in [-0.1, -0.05) is 38.7 Å². The van der Waals surface area contributed by atoms with Crippen LogP contribution in [-0.4, -0.2) is 22.4 Å². The summed E-state index contributed by atoms with van der Waals surface area (Å²) in [6, 6.07) is 5.38. The monoisotopic (exact) mass is 344 g/mol. The molecule has 0 spiro atoms. The van der Waals surface area contributed by atoms with Crippen LogP contribution in [0.3, 0.4) is 0 Å². The van der Waals surface area contributed by atoms with Crippen LogP contribution in [0.2, 0.25) is 0 Å². The first-order valence-corrected chi connectivity index (χ1v) is 9.37. The van der Waals surface area contributed by atoms with Gasteiger partial charge in [0.1, 0.15) is 0 Å².